The van der Waals surface area contributed by atoms with Crippen LogP contribution in [0.4, 0.5) is 4.79 Å². The summed E-state index contributed by atoms with van der Waals surface area (Å²) < 4.78 is 6.61. The molecule has 0 saturated carbocycles. The number of benzene rings is 1. The van der Waals surface area contributed by atoms with Crippen LogP contribution >= 0.6 is 0 Å². The second-order valence-electron chi connectivity index (χ2n) is 6.55. The predicted octanol–water partition coefficient (Wildman–Crippen LogP) is 1.23. The van der Waals surface area contributed by atoms with Crippen LogP contribution in [0.15, 0.2) is 35.1 Å². The summed E-state index contributed by atoms with van der Waals surface area (Å²) in [5.74, 6) is 0.240. The molecule has 0 spiro atoms. The third-order valence-electron chi connectivity index (χ3n) is 4.81. The fourth-order valence-electron chi connectivity index (χ4n) is 3.16. The van der Waals surface area contributed by atoms with Crippen molar-refractivity contribution >= 4 is 11.9 Å². The number of tetrazole rings is 1. The zero-order valence-electron chi connectivity index (χ0n) is 15.0. The quantitative estimate of drug-likeness (QED) is 0.689. The van der Waals surface area contributed by atoms with Crippen LogP contribution in [0.2, 0.25) is 0 Å². The maximum atomic E-state index is 13.1. The number of nitrogens with zero attached hydrogens (tertiary/aromatic N) is 6. The maximum absolute atomic E-state index is 13.1. The van der Waals surface area contributed by atoms with Gasteiger partial charge in [0.2, 0.25) is 0 Å². The topological polar surface area (TPSA) is 119 Å². The maximum Gasteiger partial charge on any atom is 0.325 e. The molecule has 0 radical (unpaired) electrons. The van der Waals surface area contributed by atoms with Gasteiger partial charge in [-0.3, -0.25) is 9.69 Å². The first-order valence-electron chi connectivity index (χ1n) is 8.30. The van der Waals surface area contributed by atoms with Gasteiger partial charge in [-0.2, -0.15) is 0 Å². The summed E-state index contributed by atoms with van der Waals surface area (Å²) in [4.78, 5) is 26.8. The molecule has 1 aliphatic rings. The molecular formula is C17H17N7O3. The van der Waals surface area contributed by atoms with Gasteiger partial charge in [0.05, 0.1) is 17.9 Å². The fourth-order valence-corrected chi connectivity index (χ4v) is 3.16. The number of hydrogen-bond donors (Lipinski definition) is 1. The molecule has 2 aromatic heterocycles. The molecule has 0 unspecified atom stereocenters. The van der Waals surface area contributed by atoms with Crippen molar-refractivity contribution in [2.24, 2.45) is 0 Å². The van der Waals surface area contributed by atoms with Crippen LogP contribution in [0, 0.1) is 13.8 Å². The van der Waals surface area contributed by atoms with Gasteiger partial charge in [0, 0.05) is 5.56 Å². The molecule has 3 aromatic rings. The molecule has 1 aliphatic heterocycles. The molecule has 3 amide bonds. The number of aromatic nitrogens is 5. The lowest BCUT2D eigenvalue weighted by Crippen LogP contribution is -2.41. The van der Waals surface area contributed by atoms with Crippen LogP contribution in [0.25, 0.3) is 5.69 Å². The van der Waals surface area contributed by atoms with E-state index in [1.807, 2.05) is 6.07 Å². The molecule has 138 valence electrons. The monoisotopic (exact) mass is 367 g/mol. The van der Waals surface area contributed by atoms with E-state index in [0.29, 0.717) is 22.7 Å². The number of nitrogens with one attached hydrogen (secondary N) is 1. The summed E-state index contributed by atoms with van der Waals surface area (Å²) in [6, 6.07) is 6.69. The number of imide groups is 1. The molecule has 1 saturated heterocycles. The fraction of sp³-hybridized carbons (Fsp3) is 0.294. The molecule has 1 aromatic carbocycles. The van der Waals surface area contributed by atoms with E-state index in [-0.39, 0.29) is 12.5 Å². The van der Waals surface area contributed by atoms with E-state index < -0.39 is 11.6 Å². The van der Waals surface area contributed by atoms with Crippen molar-refractivity contribution in [3.63, 3.8) is 0 Å². The number of carbonyl (C=O) groups excluding carboxylic acids is 2. The van der Waals surface area contributed by atoms with Gasteiger partial charge in [0.25, 0.3) is 5.91 Å². The van der Waals surface area contributed by atoms with E-state index in [0.717, 1.165) is 5.56 Å². The van der Waals surface area contributed by atoms with E-state index in [4.69, 9.17) is 4.52 Å². The number of aryl methyl sites for hydroxylation is 2. The van der Waals surface area contributed by atoms with Crippen LogP contribution in [-0.4, -0.2) is 42.2 Å². The SMILES string of the molecule is Cc1noc(C)c1CN1C(=O)N[C@@](C)(c2cccc(-n3cnnn3)c2)C1=O. The second kappa shape index (κ2) is 6.01. The van der Waals surface area contributed by atoms with Gasteiger partial charge < -0.3 is 9.84 Å². The van der Waals surface area contributed by atoms with E-state index in [1.54, 1.807) is 39.0 Å². The summed E-state index contributed by atoms with van der Waals surface area (Å²) in [5, 5.41) is 17.7. The van der Waals surface area contributed by atoms with Gasteiger partial charge in [0.15, 0.2) is 0 Å². The van der Waals surface area contributed by atoms with Gasteiger partial charge in [-0.15, -0.1) is 5.10 Å². The Morgan fingerprint density at radius 1 is 1.26 bits per heavy atom. The van der Waals surface area contributed by atoms with Crippen molar-refractivity contribution in [1.82, 2.24) is 35.6 Å². The summed E-state index contributed by atoms with van der Waals surface area (Å²) in [5.41, 5.74) is 1.51. The van der Waals surface area contributed by atoms with Crippen molar-refractivity contribution in [2.75, 3.05) is 0 Å². The van der Waals surface area contributed by atoms with Crippen LogP contribution in [0.5, 0.6) is 0 Å². The molecule has 10 heteroatoms. The lowest BCUT2D eigenvalue weighted by molar-refractivity contribution is -0.131. The van der Waals surface area contributed by atoms with Crippen molar-refractivity contribution in [1.29, 1.82) is 0 Å². The zero-order valence-corrected chi connectivity index (χ0v) is 15.0. The molecule has 10 nitrogen and oxygen atoms in total. The largest absolute Gasteiger partial charge is 0.361 e. The van der Waals surface area contributed by atoms with Gasteiger partial charge in [-0.1, -0.05) is 17.3 Å². The first-order chi connectivity index (χ1) is 12.9. The van der Waals surface area contributed by atoms with Crippen molar-refractivity contribution < 1.29 is 14.1 Å². The lowest BCUT2D eigenvalue weighted by Gasteiger charge is -2.22. The van der Waals surface area contributed by atoms with E-state index >= 15 is 0 Å². The van der Waals surface area contributed by atoms with Crippen LogP contribution < -0.4 is 5.32 Å². The van der Waals surface area contributed by atoms with Crippen LogP contribution in [0.3, 0.4) is 0 Å². The van der Waals surface area contributed by atoms with Crippen molar-refractivity contribution in [3.8, 4) is 5.69 Å². The van der Waals surface area contributed by atoms with E-state index in [1.165, 1.54) is 15.9 Å². The average molecular weight is 367 g/mol. The Hall–Kier alpha value is -3.56. The number of urea groups is 1. The van der Waals surface area contributed by atoms with Crippen molar-refractivity contribution in [3.05, 3.63) is 53.2 Å². The Morgan fingerprint density at radius 3 is 2.74 bits per heavy atom. The smallest absolute Gasteiger partial charge is 0.325 e. The highest BCUT2D eigenvalue weighted by Crippen LogP contribution is 2.31. The number of carbonyl (C=O) groups is 2. The Labute approximate surface area is 154 Å². The molecular weight excluding hydrogens is 350 g/mol. The number of hydrogen-bond acceptors (Lipinski definition) is 7. The predicted molar refractivity (Wildman–Crippen MR) is 91.6 cm³/mol. The van der Waals surface area contributed by atoms with Crippen molar-refractivity contribution in [2.45, 2.75) is 32.9 Å². The highest BCUT2D eigenvalue weighted by molar-refractivity contribution is 6.07. The highest BCUT2D eigenvalue weighted by atomic mass is 16.5. The van der Waals surface area contributed by atoms with Gasteiger partial charge >= 0.3 is 6.03 Å². The molecule has 1 atom stereocenters. The molecule has 1 N–H and O–H groups in total. The minimum absolute atomic E-state index is 0.105. The Bertz CT molecular complexity index is 1010. The number of rotatable bonds is 4. The third kappa shape index (κ3) is 2.65. The average Bonchev–Trinajstić information content (AvgIpc) is 3.35. The summed E-state index contributed by atoms with van der Waals surface area (Å²) >= 11 is 0. The summed E-state index contributed by atoms with van der Waals surface area (Å²) in [6.45, 7) is 5.31. The lowest BCUT2D eigenvalue weighted by atomic mass is 9.91. The van der Waals surface area contributed by atoms with Gasteiger partial charge in [-0.05, 0) is 48.9 Å². The first-order valence-corrected chi connectivity index (χ1v) is 8.30. The minimum Gasteiger partial charge on any atom is -0.361 e. The Kier molecular flexibility index (Phi) is 3.76. The standard InChI is InChI=1S/C17H17N7O3/c1-10-14(11(2)27-20-10)8-23-15(25)17(3,19-16(23)26)12-5-4-6-13(7-12)24-9-18-21-22-24/h4-7,9H,8H2,1-3H3,(H,19,26)/t17-/m0/s1. The molecule has 27 heavy (non-hydrogen) atoms. The van der Waals surface area contributed by atoms with Crippen LogP contribution in [-0.2, 0) is 16.9 Å². The molecule has 1 fully saturated rings. The highest BCUT2D eigenvalue weighted by Gasteiger charge is 2.49. The minimum atomic E-state index is -1.19. The van der Waals surface area contributed by atoms with E-state index in [2.05, 4.69) is 26.0 Å². The number of amides is 3. The Morgan fingerprint density at radius 2 is 2.07 bits per heavy atom. The normalized spacial score (nSPS) is 19.6. The van der Waals surface area contributed by atoms with Crippen LogP contribution in [0.1, 0.15) is 29.5 Å². The molecule has 0 aliphatic carbocycles. The molecule has 0 bridgehead atoms. The van der Waals surface area contributed by atoms with Gasteiger partial charge in [-0.25, -0.2) is 9.48 Å². The zero-order chi connectivity index (χ0) is 19.2. The Balaban J connectivity index is 1.67. The summed E-state index contributed by atoms with van der Waals surface area (Å²) in [6.07, 6.45) is 1.46. The molecule has 3 heterocycles. The van der Waals surface area contributed by atoms with Gasteiger partial charge in [0.1, 0.15) is 17.6 Å². The summed E-state index contributed by atoms with van der Waals surface area (Å²) in [7, 11) is 0. The van der Waals surface area contributed by atoms with E-state index in [9.17, 15) is 9.59 Å². The third-order valence-corrected chi connectivity index (χ3v) is 4.81. The second-order valence-corrected chi connectivity index (χ2v) is 6.55. The molecule has 4 rings (SSSR count). The first kappa shape index (κ1) is 16.9.